The molecule has 0 radical (unpaired) electrons. The molecule has 2 heterocycles. The highest BCUT2D eigenvalue weighted by molar-refractivity contribution is 6.16. The van der Waals surface area contributed by atoms with E-state index in [1.165, 1.54) is 0 Å². The van der Waals surface area contributed by atoms with Crippen molar-refractivity contribution in [1.82, 2.24) is 19.9 Å². The van der Waals surface area contributed by atoms with Gasteiger partial charge in [-0.3, -0.25) is 9.59 Å². The van der Waals surface area contributed by atoms with Gasteiger partial charge in [-0.2, -0.15) is 0 Å². The highest BCUT2D eigenvalue weighted by Crippen LogP contribution is 2.38. The van der Waals surface area contributed by atoms with Crippen LogP contribution in [0, 0.1) is 0 Å². The third kappa shape index (κ3) is 4.67. The van der Waals surface area contributed by atoms with Crippen molar-refractivity contribution in [2.24, 2.45) is 0 Å². The normalized spacial score (nSPS) is 11.0. The van der Waals surface area contributed by atoms with Crippen LogP contribution in [-0.4, -0.2) is 31.8 Å². The average molecular weight is 549 g/mol. The van der Waals surface area contributed by atoms with E-state index in [1.807, 2.05) is 109 Å². The number of para-hydroxylation sites is 6. The molecule has 42 heavy (non-hydrogen) atoms. The number of aromatic nitrogens is 4. The number of hydrogen-bond acceptors (Lipinski definition) is 4. The number of hydrogen-bond donors (Lipinski definition) is 4. The monoisotopic (exact) mass is 548 g/mol. The molecule has 7 rings (SSSR count). The van der Waals surface area contributed by atoms with E-state index in [0.717, 1.165) is 22.1 Å². The number of rotatable bonds is 6. The lowest BCUT2D eigenvalue weighted by Crippen LogP contribution is -2.18. The summed E-state index contributed by atoms with van der Waals surface area (Å²) in [7, 11) is 0. The van der Waals surface area contributed by atoms with Gasteiger partial charge in [0.1, 0.15) is 11.6 Å². The first-order chi connectivity index (χ1) is 20.6. The summed E-state index contributed by atoms with van der Waals surface area (Å²) < 4.78 is 0. The fourth-order valence-corrected chi connectivity index (χ4v) is 5.06. The van der Waals surface area contributed by atoms with Crippen molar-refractivity contribution in [2.45, 2.75) is 0 Å². The first kappa shape index (κ1) is 25.0. The molecule has 8 nitrogen and oxygen atoms in total. The Morgan fingerprint density at radius 3 is 1.26 bits per heavy atom. The smallest absolute Gasteiger partial charge is 0.256 e. The van der Waals surface area contributed by atoms with E-state index in [0.29, 0.717) is 45.3 Å². The number of H-pyrrole nitrogens is 2. The summed E-state index contributed by atoms with van der Waals surface area (Å²) in [5, 5.41) is 5.97. The van der Waals surface area contributed by atoms with Crippen LogP contribution in [0.2, 0.25) is 0 Å². The maximum Gasteiger partial charge on any atom is 0.256 e. The lowest BCUT2D eigenvalue weighted by atomic mass is 9.93. The zero-order valence-corrected chi connectivity index (χ0v) is 22.3. The SMILES string of the molecule is O=C(Nc1ccccc1)c1ccc(C(=O)Nc2ccccc2)c(-c2nc3ccccc3[nH]2)c1-c1nc2ccccc2[nH]1. The van der Waals surface area contributed by atoms with Crippen LogP contribution in [0.4, 0.5) is 11.4 Å². The standard InChI is InChI=1S/C34H24N6O2/c41-33(35-21-11-3-1-4-12-21)23-19-20-24(34(42)36-22-13-5-2-6-14-22)30(32-39-27-17-9-10-18-28(27)40-32)29(23)31-37-25-15-7-8-16-26(25)38-31/h1-20H,(H,35,41)(H,36,42)(H,37,38)(H,39,40). The van der Waals surface area contributed by atoms with E-state index in [4.69, 9.17) is 9.97 Å². The predicted octanol–water partition coefficient (Wildman–Crippen LogP) is 7.28. The topological polar surface area (TPSA) is 116 Å². The number of nitrogens with zero attached hydrogens (tertiary/aromatic N) is 2. The quantitative estimate of drug-likeness (QED) is 0.175. The number of anilines is 2. The van der Waals surface area contributed by atoms with Crippen LogP contribution in [0.5, 0.6) is 0 Å². The van der Waals surface area contributed by atoms with Crippen molar-refractivity contribution in [3.8, 4) is 22.8 Å². The van der Waals surface area contributed by atoms with Gasteiger partial charge in [-0.1, -0.05) is 60.7 Å². The van der Waals surface area contributed by atoms with Crippen LogP contribution in [0.3, 0.4) is 0 Å². The third-order valence-electron chi connectivity index (χ3n) is 7.01. The molecule has 8 heteroatoms. The first-order valence-corrected chi connectivity index (χ1v) is 13.4. The molecule has 0 saturated carbocycles. The van der Waals surface area contributed by atoms with Crippen molar-refractivity contribution in [3.63, 3.8) is 0 Å². The second kappa shape index (κ2) is 10.5. The highest BCUT2D eigenvalue weighted by Gasteiger charge is 2.28. The summed E-state index contributed by atoms with van der Waals surface area (Å²) in [5.74, 6) is 0.200. The van der Waals surface area contributed by atoms with Crippen molar-refractivity contribution in [1.29, 1.82) is 0 Å². The molecule has 0 bridgehead atoms. The molecule has 202 valence electrons. The molecule has 2 aromatic heterocycles. The average Bonchev–Trinajstić information content (AvgIpc) is 3.66. The van der Waals surface area contributed by atoms with Gasteiger partial charge in [0, 0.05) is 22.5 Å². The number of imidazole rings is 2. The molecule has 5 aromatic carbocycles. The van der Waals surface area contributed by atoms with E-state index in [2.05, 4.69) is 20.6 Å². The Morgan fingerprint density at radius 2 is 0.857 bits per heavy atom. The number of amides is 2. The summed E-state index contributed by atoms with van der Waals surface area (Å²) in [4.78, 5) is 44.2. The van der Waals surface area contributed by atoms with E-state index in [9.17, 15) is 9.59 Å². The van der Waals surface area contributed by atoms with E-state index >= 15 is 0 Å². The number of benzene rings is 5. The lowest BCUT2D eigenvalue weighted by molar-refractivity contribution is 0.101. The Kier molecular flexibility index (Phi) is 6.25. The van der Waals surface area contributed by atoms with Crippen LogP contribution in [0.1, 0.15) is 20.7 Å². The molecule has 0 aliphatic rings. The number of fused-ring (bicyclic) bond motifs is 2. The molecule has 0 aliphatic carbocycles. The van der Waals surface area contributed by atoms with Gasteiger partial charge in [0.15, 0.2) is 0 Å². The summed E-state index contributed by atoms with van der Waals surface area (Å²) in [6, 6.07) is 37.0. The number of carbonyl (C=O) groups excluding carboxylic acids is 2. The van der Waals surface area contributed by atoms with Crippen molar-refractivity contribution >= 4 is 45.3 Å². The zero-order valence-electron chi connectivity index (χ0n) is 22.3. The van der Waals surface area contributed by atoms with Gasteiger partial charge in [0.2, 0.25) is 0 Å². The third-order valence-corrected chi connectivity index (χ3v) is 7.01. The predicted molar refractivity (Wildman–Crippen MR) is 165 cm³/mol. The molecule has 2 amide bonds. The molecule has 0 fully saturated rings. The van der Waals surface area contributed by atoms with Gasteiger partial charge in [0.05, 0.1) is 33.2 Å². The minimum atomic E-state index is -0.343. The molecule has 0 saturated heterocycles. The van der Waals surface area contributed by atoms with Crippen LogP contribution >= 0.6 is 0 Å². The lowest BCUT2D eigenvalue weighted by Gasteiger charge is -2.17. The summed E-state index contributed by atoms with van der Waals surface area (Å²) in [6.45, 7) is 0. The molecular formula is C34H24N6O2. The molecule has 0 aliphatic heterocycles. The van der Waals surface area contributed by atoms with Crippen LogP contribution in [-0.2, 0) is 0 Å². The Labute approximate surface area is 240 Å². The Bertz CT molecular complexity index is 1860. The second-order valence-electron chi connectivity index (χ2n) is 9.76. The highest BCUT2D eigenvalue weighted by atomic mass is 16.2. The summed E-state index contributed by atoms with van der Waals surface area (Å²) in [5.41, 5.74) is 5.96. The molecule has 7 aromatic rings. The second-order valence-corrected chi connectivity index (χ2v) is 9.76. The zero-order chi connectivity index (χ0) is 28.5. The van der Waals surface area contributed by atoms with Gasteiger partial charge in [-0.05, 0) is 60.7 Å². The van der Waals surface area contributed by atoms with Crippen LogP contribution in [0.25, 0.3) is 44.8 Å². The minimum absolute atomic E-state index is 0.338. The minimum Gasteiger partial charge on any atom is -0.338 e. The van der Waals surface area contributed by atoms with Crippen LogP contribution in [0.15, 0.2) is 121 Å². The van der Waals surface area contributed by atoms with Crippen molar-refractivity contribution in [2.75, 3.05) is 10.6 Å². The van der Waals surface area contributed by atoms with Gasteiger partial charge in [0.25, 0.3) is 11.8 Å². The molecule has 0 spiro atoms. The number of carbonyl (C=O) groups is 2. The fraction of sp³-hybridized carbons (Fsp3) is 0. The van der Waals surface area contributed by atoms with E-state index in [-0.39, 0.29) is 11.8 Å². The van der Waals surface area contributed by atoms with E-state index < -0.39 is 0 Å². The summed E-state index contributed by atoms with van der Waals surface area (Å²) >= 11 is 0. The number of aromatic amines is 2. The maximum absolute atomic E-state index is 13.9. The van der Waals surface area contributed by atoms with Crippen molar-refractivity contribution in [3.05, 3.63) is 132 Å². The fourth-order valence-electron chi connectivity index (χ4n) is 5.06. The largest absolute Gasteiger partial charge is 0.338 e. The van der Waals surface area contributed by atoms with Gasteiger partial charge < -0.3 is 20.6 Å². The Hall–Kier alpha value is -6.02. The van der Waals surface area contributed by atoms with Gasteiger partial charge in [-0.25, -0.2) is 9.97 Å². The maximum atomic E-state index is 13.9. The molecule has 0 atom stereocenters. The van der Waals surface area contributed by atoms with E-state index in [1.54, 1.807) is 12.1 Å². The Balaban J connectivity index is 1.48. The molecule has 4 N–H and O–H groups in total. The Morgan fingerprint density at radius 1 is 0.476 bits per heavy atom. The van der Waals surface area contributed by atoms with Crippen LogP contribution < -0.4 is 10.6 Å². The molecule has 0 unspecified atom stereocenters. The summed E-state index contributed by atoms with van der Waals surface area (Å²) in [6.07, 6.45) is 0. The molecular weight excluding hydrogens is 524 g/mol. The first-order valence-electron chi connectivity index (χ1n) is 13.4. The van der Waals surface area contributed by atoms with Crippen molar-refractivity contribution < 1.29 is 9.59 Å². The van der Waals surface area contributed by atoms with Gasteiger partial charge >= 0.3 is 0 Å². The van der Waals surface area contributed by atoms with Gasteiger partial charge in [-0.15, -0.1) is 0 Å². The number of nitrogens with one attached hydrogen (secondary N) is 4.